The lowest BCUT2D eigenvalue weighted by Gasteiger charge is -2.56. The summed E-state index contributed by atoms with van der Waals surface area (Å²) in [5.41, 5.74) is -0.517. The highest BCUT2D eigenvalue weighted by Crippen LogP contribution is 2.63. The van der Waals surface area contributed by atoms with Crippen LogP contribution in [-0.4, -0.2) is 119 Å². The Labute approximate surface area is 744 Å². The molecular weight excluding hydrogens is 1540 g/mol. The molecule has 22 aliphatic carbocycles. The third kappa shape index (κ3) is 26.0. The maximum absolute atomic E-state index is 12.8. The number of carbonyl (C=O) groups is 8. The van der Waals surface area contributed by atoms with Gasteiger partial charge in [-0.05, 0) is 353 Å². The number of ether oxygens (including phenoxy) is 11. The molecule has 712 valence electrons. The molecule has 22 aliphatic rings. The predicted octanol–water partition coefficient (Wildman–Crippen LogP) is 24.5. The molecule has 0 spiro atoms. The summed E-state index contributed by atoms with van der Waals surface area (Å²) in [5, 5.41) is 0. The molecule has 122 heavy (non-hydrogen) atoms. The Hall–Kier alpha value is -4.04. The first-order valence-corrected chi connectivity index (χ1v) is 45.5. The largest absolute Gasteiger partial charge is 0.462 e. The molecule has 0 aromatic carbocycles. The van der Waals surface area contributed by atoms with E-state index >= 15 is 0 Å². The van der Waals surface area contributed by atoms with Gasteiger partial charge in [-0.3, -0.25) is 38.4 Å². The summed E-state index contributed by atoms with van der Waals surface area (Å²) in [6.07, 6.45) is 38.7. The molecular formula is C103H186O19. The van der Waals surface area contributed by atoms with E-state index in [0.29, 0.717) is 57.9 Å². The Morgan fingerprint density at radius 2 is 0.656 bits per heavy atom. The van der Waals surface area contributed by atoms with Crippen molar-refractivity contribution in [1.82, 2.24) is 0 Å². The summed E-state index contributed by atoms with van der Waals surface area (Å²) in [6.45, 7) is 27.1. The van der Waals surface area contributed by atoms with Crippen molar-refractivity contribution >= 4 is 47.4 Å². The van der Waals surface area contributed by atoms with Crippen LogP contribution in [0.25, 0.3) is 0 Å². The maximum atomic E-state index is 12.8. The molecule has 0 saturated heterocycles. The molecule has 22 rings (SSSR count). The lowest BCUT2D eigenvalue weighted by atomic mass is 9.50. The molecule has 16 atom stereocenters. The van der Waals surface area contributed by atoms with Gasteiger partial charge in [-0.1, -0.05) is 123 Å². The van der Waals surface area contributed by atoms with Crippen LogP contribution < -0.4 is 0 Å². The molecule has 22 saturated carbocycles. The Morgan fingerprint density at radius 1 is 0.344 bits per heavy atom. The number of hydrogen-bond acceptors (Lipinski definition) is 19. The molecule has 19 nitrogen and oxygen atoms in total. The van der Waals surface area contributed by atoms with Crippen molar-refractivity contribution in [3.05, 3.63) is 0 Å². The van der Waals surface area contributed by atoms with Gasteiger partial charge in [0.25, 0.3) is 0 Å². The van der Waals surface area contributed by atoms with Gasteiger partial charge in [-0.2, -0.15) is 0 Å². The highest BCUT2D eigenvalue weighted by Gasteiger charge is 2.58. The first-order chi connectivity index (χ1) is 53.4. The molecule has 0 heterocycles. The van der Waals surface area contributed by atoms with E-state index in [0.717, 1.165) is 162 Å². The average Bonchev–Trinajstić information content (AvgIpc) is 1.28. The molecule has 22 fully saturated rings. The number of ketones is 2. The zero-order valence-electron chi connectivity index (χ0n) is 71.1. The summed E-state index contributed by atoms with van der Waals surface area (Å²) < 4.78 is 61.7. The number of hydrogen-bond donors (Lipinski definition) is 0. The molecule has 22 bridgehead atoms. The van der Waals surface area contributed by atoms with E-state index in [1.165, 1.54) is 122 Å². The van der Waals surface area contributed by atoms with Gasteiger partial charge in [0.2, 0.25) is 0 Å². The van der Waals surface area contributed by atoms with Gasteiger partial charge in [0, 0.05) is 29.6 Å². The number of rotatable bonds is 29. The summed E-state index contributed by atoms with van der Waals surface area (Å²) in [6, 6.07) is 0. The minimum absolute atomic E-state index is 0. The molecule has 16 unspecified atom stereocenters. The topological polar surface area (TPSA) is 238 Å². The van der Waals surface area contributed by atoms with Gasteiger partial charge >= 0.3 is 35.8 Å². The van der Waals surface area contributed by atoms with E-state index in [4.69, 9.17) is 52.1 Å². The first-order valence-electron chi connectivity index (χ1n) is 45.5. The van der Waals surface area contributed by atoms with Crippen molar-refractivity contribution < 1.29 is 90.5 Å². The molecule has 0 aromatic rings. The zero-order valence-corrected chi connectivity index (χ0v) is 71.1. The van der Waals surface area contributed by atoms with Gasteiger partial charge in [0.05, 0.1) is 65.5 Å². The van der Waals surface area contributed by atoms with Crippen LogP contribution in [0.15, 0.2) is 0 Å². The molecule has 0 aromatic heterocycles. The second-order valence-electron chi connectivity index (χ2n) is 42.4. The van der Waals surface area contributed by atoms with Gasteiger partial charge in [-0.15, -0.1) is 0 Å². The number of fused-ring (bicyclic) bond motifs is 2. The Bertz CT molecular complexity index is 3160. The normalized spacial score (nSPS) is 36.8. The highest BCUT2D eigenvalue weighted by atomic mass is 16.7. The van der Waals surface area contributed by atoms with E-state index in [1.807, 2.05) is 90.0 Å². The molecule has 19 heteroatoms. The van der Waals surface area contributed by atoms with Crippen molar-refractivity contribution in [3.63, 3.8) is 0 Å². The smallest absolute Gasteiger partial charge is 0.313 e. The van der Waals surface area contributed by atoms with Gasteiger partial charge in [0.15, 0.2) is 34.0 Å². The van der Waals surface area contributed by atoms with Crippen LogP contribution in [0.3, 0.4) is 0 Å². The van der Waals surface area contributed by atoms with Crippen LogP contribution in [0.2, 0.25) is 0 Å². The number of Topliss-reactive ketones (excluding diaryl/α,β-unsaturated/α-hetero) is 2. The lowest BCUT2D eigenvalue weighted by molar-refractivity contribution is -0.194. The molecule has 0 N–H and O–H groups in total. The maximum Gasteiger partial charge on any atom is 0.313 e. The highest BCUT2D eigenvalue weighted by molar-refractivity contribution is 5.87. The molecule has 0 amide bonds. The summed E-state index contributed by atoms with van der Waals surface area (Å²) in [5.74, 6) is 12.1. The summed E-state index contributed by atoms with van der Waals surface area (Å²) >= 11 is 0. The number of esters is 6. The van der Waals surface area contributed by atoms with Crippen LogP contribution in [0.5, 0.6) is 0 Å². The summed E-state index contributed by atoms with van der Waals surface area (Å²) in [4.78, 5) is 97.0. The lowest BCUT2D eigenvalue weighted by Crippen LogP contribution is -2.55. The van der Waals surface area contributed by atoms with Crippen molar-refractivity contribution in [2.75, 3.05) is 47.2 Å². The Morgan fingerprint density at radius 3 is 1.03 bits per heavy atom. The van der Waals surface area contributed by atoms with Crippen LogP contribution >= 0.6 is 0 Å². The van der Waals surface area contributed by atoms with Crippen molar-refractivity contribution in [1.29, 1.82) is 0 Å². The Kier molecular flexibility index (Phi) is 43.7. The van der Waals surface area contributed by atoms with E-state index in [1.54, 1.807) is 0 Å². The van der Waals surface area contributed by atoms with Crippen molar-refractivity contribution in [2.45, 2.75) is 401 Å². The molecule has 0 radical (unpaired) electrons. The third-order valence-electron chi connectivity index (χ3n) is 33.0. The zero-order chi connectivity index (χ0) is 79.8. The van der Waals surface area contributed by atoms with Gasteiger partial charge < -0.3 is 52.1 Å². The SMILES string of the molecule is C.C.C.C.C.C.C.C.C.C.CCC(C)(C)C(=O)OC1CC2CC(C(=O)OCOC3C4CC5CC(C4)CC3C5)C1C2.CCC(C)(C)C(=O)OCOC1C2CC3CC(C2)C(=O)C1C3.CCC(C)(C)C(=O)OCOCC12CC3CC(CC(C3)C1)C2.CCC(C)C(=O)OCOC1C2CC3CC(C2)C(=O)C1C3.CCC(C)C(=O)OCOCC12CC3CC(CC(C3)C1)C2. The second-order valence-corrected chi connectivity index (χ2v) is 42.4. The Balaban J connectivity index is 0.000000389. The van der Waals surface area contributed by atoms with E-state index in [-0.39, 0.29) is 210 Å². The monoisotopic (exact) mass is 1730 g/mol. The van der Waals surface area contributed by atoms with E-state index in [9.17, 15) is 38.4 Å². The van der Waals surface area contributed by atoms with Crippen LogP contribution in [0.1, 0.15) is 376 Å². The first kappa shape index (κ1) is 112. The van der Waals surface area contributed by atoms with Gasteiger partial charge in [0.1, 0.15) is 17.7 Å². The van der Waals surface area contributed by atoms with Crippen LogP contribution in [0, 0.1) is 163 Å². The fourth-order valence-corrected chi connectivity index (χ4v) is 26.5. The van der Waals surface area contributed by atoms with Crippen molar-refractivity contribution in [2.24, 2.45) is 163 Å². The minimum atomic E-state index is -0.469. The fraction of sp³-hybridized carbons (Fsp3) is 0.922. The van der Waals surface area contributed by atoms with Crippen LogP contribution in [0.4, 0.5) is 0 Å². The minimum Gasteiger partial charge on any atom is -0.462 e. The van der Waals surface area contributed by atoms with Gasteiger partial charge in [-0.25, -0.2) is 0 Å². The second kappa shape index (κ2) is 47.5. The number of carbonyl (C=O) groups excluding carboxylic acids is 8. The summed E-state index contributed by atoms with van der Waals surface area (Å²) in [7, 11) is 0. The predicted molar refractivity (Wildman–Crippen MR) is 487 cm³/mol. The fourth-order valence-electron chi connectivity index (χ4n) is 26.5. The average molecular weight is 1730 g/mol. The quantitative estimate of drug-likeness (QED) is 0.0293. The molecule has 0 aliphatic heterocycles. The van der Waals surface area contributed by atoms with E-state index < -0.39 is 16.2 Å². The third-order valence-corrected chi connectivity index (χ3v) is 33.0. The standard InChI is InChI=1S/C25H38O5.C18H30O3.C17H26O4.C17H28O3.C16H24O4.10CH4/c1-4-25(2,3)24(27)30-21-12-16-10-19(21)20(11-16)23(26)29-13-28-22-17-6-14-5-15(8-17)9-18(22)7-14;1-4-17(2,3)16(19)21-12-20-11-18-8-13-5-14(9-18)7-15(6-13)10-18;1-4-17(2,3)16(19)21-9-20-15-12-6-10-5-11(8-12)14(18)13(15)7-10;1-3-12(2)16(18)20-11-19-10-17-7-13-4-14(8-17)6-15(5-13)9-17;1-3-9(2)16(18)20-8-19-15-12-5-10-4-11(7-12)14(17)13(15)6-10;;;;;;;;;;/h14-22H,4-13H2,1-3H3;13-15H,4-12H2,1-3H3;10-13,15H,4-9H2,1-3H3;12-15H,3-11H2,1-2H3;9-13,15H,3-8H2,1-2H3;10*1H4. The van der Waals surface area contributed by atoms with Crippen LogP contribution in [-0.2, 0) is 90.5 Å². The van der Waals surface area contributed by atoms with E-state index in [2.05, 4.69) is 0 Å². The van der Waals surface area contributed by atoms with Crippen molar-refractivity contribution in [3.8, 4) is 0 Å².